The van der Waals surface area contributed by atoms with Gasteiger partial charge in [0.1, 0.15) is 0 Å². The first-order chi connectivity index (χ1) is 15.5. The molecule has 0 unspecified atom stereocenters. The van der Waals surface area contributed by atoms with E-state index < -0.39 is 0 Å². The first-order valence-corrected chi connectivity index (χ1v) is 11.8. The Morgan fingerprint density at radius 3 is 2.66 bits per heavy atom. The van der Waals surface area contributed by atoms with E-state index in [4.69, 9.17) is 17.0 Å². The fourth-order valence-corrected chi connectivity index (χ4v) is 5.54. The molecule has 0 spiro atoms. The van der Waals surface area contributed by atoms with Gasteiger partial charge in [0.25, 0.3) is 0 Å². The summed E-state index contributed by atoms with van der Waals surface area (Å²) in [5.41, 5.74) is 7.25. The van der Waals surface area contributed by atoms with E-state index in [1.165, 1.54) is 28.2 Å². The number of hydrogen-bond donors (Lipinski definition) is 1. The molecular formula is C26H30N4OS. The van der Waals surface area contributed by atoms with E-state index in [2.05, 4.69) is 76.9 Å². The van der Waals surface area contributed by atoms with Crippen LogP contribution in [0.2, 0.25) is 0 Å². The Kier molecular flexibility index (Phi) is 5.74. The average Bonchev–Trinajstić information content (AvgIpc) is 3.49. The summed E-state index contributed by atoms with van der Waals surface area (Å²) in [5.74, 6) is 0. The number of benzene rings is 1. The van der Waals surface area contributed by atoms with E-state index in [1.54, 1.807) is 0 Å². The maximum atomic E-state index is 5.98. The predicted molar refractivity (Wildman–Crippen MR) is 131 cm³/mol. The third kappa shape index (κ3) is 3.71. The van der Waals surface area contributed by atoms with E-state index in [-0.39, 0.29) is 18.2 Å². The second-order valence-electron chi connectivity index (χ2n) is 8.86. The second kappa shape index (κ2) is 8.68. The molecule has 6 heteroatoms. The summed E-state index contributed by atoms with van der Waals surface area (Å²) < 4.78 is 8.35. The third-order valence-corrected chi connectivity index (χ3v) is 7.12. The van der Waals surface area contributed by atoms with Crippen molar-refractivity contribution in [2.24, 2.45) is 0 Å². The first-order valence-electron chi connectivity index (χ1n) is 11.4. The lowest BCUT2D eigenvalue weighted by Crippen LogP contribution is -2.36. The highest BCUT2D eigenvalue weighted by Gasteiger charge is 2.42. The number of thiocarbonyl (C=S) groups is 1. The minimum atomic E-state index is -0.00377. The van der Waals surface area contributed by atoms with Crippen LogP contribution < -0.4 is 5.32 Å². The molecule has 1 N–H and O–H groups in total. The molecule has 32 heavy (non-hydrogen) atoms. The highest BCUT2D eigenvalue weighted by atomic mass is 32.1. The van der Waals surface area contributed by atoms with Crippen LogP contribution >= 0.6 is 12.2 Å². The zero-order valence-corrected chi connectivity index (χ0v) is 19.7. The van der Waals surface area contributed by atoms with Crippen LogP contribution in [0.4, 0.5) is 0 Å². The molecule has 2 aromatic heterocycles. The van der Waals surface area contributed by atoms with E-state index in [9.17, 15) is 0 Å². The smallest absolute Gasteiger partial charge is 0.170 e. The van der Waals surface area contributed by atoms with Gasteiger partial charge in [0, 0.05) is 36.4 Å². The molecule has 5 rings (SSSR count). The van der Waals surface area contributed by atoms with Crippen LogP contribution in [0.5, 0.6) is 0 Å². The number of rotatable bonds is 5. The number of ether oxygens (including phenoxy) is 1. The lowest BCUT2D eigenvalue weighted by Gasteiger charge is -2.30. The minimum Gasteiger partial charge on any atom is -0.376 e. The number of aryl methyl sites for hydroxylation is 2. The summed E-state index contributed by atoms with van der Waals surface area (Å²) in [4.78, 5) is 7.01. The topological polar surface area (TPSA) is 42.3 Å². The quantitative estimate of drug-likeness (QED) is 0.562. The van der Waals surface area contributed by atoms with Crippen molar-refractivity contribution in [2.45, 2.75) is 51.8 Å². The largest absolute Gasteiger partial charge is 0.376 e. The van der Waals surface area contributed by atoms with Gasteiger partial charge in [-0.3, -0.25) is 4.98 Å². The number of hydrogen-bond acceptors (Lipinski definition) is 3. The lowest BCUT2D eigenvalue weighted by atomic mass is 9.96. The molecular weight excluding hydrogens is 416 g/mol. The van der Waals surface area contributed by atoms with Crippen LogP contribution in [0.15, 0.2) is 54.7 Å². The summed E-state index contributed by atoms with van der Waals surface area (Å²) in [6, 6.07) is 17.0. The normalized spacial score (nSPS) is 23.0. The number of para-hydroxylation sites is 1. The van der Waals surface area contributed by atoms with Gasteiger partial charge in [0.15, 0.2) is 5.11 Å². The molecule has 5 nitrogen and oxygen atoms in total. The molecule has 2 aliphatic rings. The van der Waals surface area contributed by atoms with Gasteiger partial charge in [-0.25, -0.2) is 0 Å². The molecule has 2 fully saturated rings. The molecule has 0 amide bonds. The Bertz CT molecular complexity index is 1120. The van der Waals surface area contributed by atoms with Crippen LogP contribution in [-0.4, -0.2) is 38.8 Å². The summed E-state index contributed by atoms with van der Waals surface area (Å²) in [5, 5.41) is 4.36. The molecule has 166 valence electrons. The molecule has 0 bridgehead atoms. The molecule has 3 aromatic rings. The van der Waals surface area contributed by atoms with E-state index in [0.717, 1.165) is 36.8 Å². The Balaban J connectivity index is 1.60. The van der Waals surface area contributed by atoms with E-state index in [0.29, 0.717) is 0 Å². The third-order valence-electron chi connectivity index (χ3n) is 6.77. The molecule has 1 aromatic carbocycles. The fourth-order valence-electron chi connectivity index (χ4n) is 5.22. The zero-order valence-electron chi connectivity index (χ0n) is 18.9. The highest BCUT2D eigenvalue weighted by molar-refractivity contribution is 7.80. The van der Waals surface area contributed by atoms with Crippen molar-refractivity contribution in [3.8, 4) is 5.69 Å². The Morgan fingerprint density at radius 2 is 1.94 bits per heavy atom. The van der Waals surface area contributed by atoms with Crippen molar-refractivity contribution in [1.82, 2.24) is 19.8 Å². The maximum Gasteiger partial charge on any atom is 0.170 e. The number of pyridine rings is 1. The Labute approximate surface area is 195 Å². The monoisotopic (exact) mass is 446 g/mol. The van der Waals surface area contributed by atoms with Crippen molar-refractivity contribution in [3.05, 3.63) is 82.9 Å². The highest BCUT2D eigenvalue weighted by Crippen LogP contribution is 2.42. The number of aromatic nitrogens is 2. The number of nitrogens with one attached hydrogen (secondary N) is 1. The van der Waals surface area contributed by atoms with E-state index in [1.807, 2.05) is 18.3 Å². The van der Waals surface area contributed by atoms with Gasteiger partial charge in [-0.15, -0.1) is 0 Å². The fraction of sp³-hybridized carbons (Fsp3) is 0.385. The summed E-state index contributed by atoms with van der Waals surface area (Å²) in [6.07, 6.45) is 4.28. The SMILES string of the molecule is Cc1ccccc1-n1c(C)cc([C@@H]2[C@H](c3ccccn3)NC(=S)N2C[C@@H]2CCCO2)c1C. The van der Waals surface area contributed by atoms with Crippen LogP contribution in [0, 0.1) is 20.8 Å². The van der Waals surface area contributed by atoms with Crippen molar-refractivity contribution in [2.75, 3.05) is 13.2 Å². The predicted octanol–water partition coefficient (Wildman–Crippen LogP) is 4.95. The molecule has 0 aliphatic carbocycles. The summed E-state index contributed by atoms with van der Waals surface area (Å²) in [6.45, 7) is 8.21. The molecule has 0 radical (unpaired) electrons. The summed E-state index contributed by atoms with van der Waals surface area (Å²) >= 11 is 5.85. The Hall–Kier alpha value is -2.70. The molecule has 2 aliphatic heterocycles. The molecule has 2 saturated heterocycles. The minimum absolute atomic E-state index is 0.00377. The van der Waals surface area contributed by atoms with Crippen LogP contribution in [0.3, 0.4) is 0 Å². The Morgan fingerprint density at radius 1 is 1.12 bits per heavy atom. The molecule has 3 atom stereocenters. The van der Waals surface area contributed by atoms with Gasteiger partial charge >= 0.3 is 0 Å². The number of nitrogens with zero attached hydrogens (tertiary/aromatic N) is 3. The van der Waals surface area contributed by atoms with Crippen molar-refractivity contribution in [1.29, 1.82) is 0 Å². The van der Waals surface area contributed by atoms with Crippen molar-refractivity contribution >= 4 is 17.3 Å². The first kappa shape index (κ1) is 21.2. The van der Waals surface area contributed by atoms with Crippen LogP contribution in [0.1, 0.15) is 53.1 Å². The van der Waals surface area contributed by atoms with Gasteiger partial charge in [0.05, 0.1) is 23.9 Å². The average molecular weight is 447 g/mol. The zero-order chi connectivity index (χ0) is 22.2. The standard InChI is InChI=1S/C26H30N4OS/c1-17-9-4-5-12-23(17)30-18(2)15-21(19(30)3)25-24(22-11-6-7-13-27-22)28-26(32)29(25)16-20-10-8-14-31-20/h4-7,9,11-13,15,20,24-25H,8,10,14,16H2,1-3H3,(H,28,32)/t20-,24-,25+/m0/s1. The van der Waals surface area contributed by atoms with Crippen molar-refractivity contribution in [3.63, 3.8) is 0 Å². The molecule has 0 saturated carbocycles. The summed E-state index contributed by atoms with van der Waals surface area (Å²) in [7, 11) is 0. The van der Waals surface area contributed by atoms with Gasteiger partial charge in [-0.2, -0.15) is 0 Å². The van der Waals surface area contributed by atoms with Gasteiger partial charge < -0.3 is 19.5 Å². The van der Waals surface area contributed by atoms with Gasteiger partial charge in [-0.1, -0.05) is 24.3 Å². The van der Waals surface area contributed by atoms with Crippen LogP contribution in [-0.2, 0) is 4.74 Å². The van der Waals surface area contributed by atoms with Crippen LogP contribution in [0.25, 0.3) is 5.69 Å². The van der Waals surface area contributed by atoms with Gasteiger partial charge in [-0.05, 0) is 81.2 Å². The lowest BCUT2D eigenvalue weighted by molar-refractivity contribution is 0.0842. The van der Waals surface area contributed by atoms with E-state index >= 15 is 0 Å². The van der Waals surface area contributed by atoms with Gasteiger partial charge in [0.2, 0.25) is 0 Å². The van der Waals surface area contributed by atoms with Crippen molar-refractivity contribution < 1.29 is 4.74 Å². The maximum absolute atomic E-state index is 5.98. The second-order valence-corrected chi connectivity index (χ2v) is 9.25. The molecule has 4 heterocycles.